The van der Waals surface area contributed by atoms with Gasteiger partial charge in [0.2, 0.25) is 0 Å². The second-order valence-corrected chi connectivity index (χ2v) is 4.58. The van der Waals surface area contributed by atoms with Crippen molar-refractivity contribution in [3.05, 3.63) is 35.9 Å². The molecule has 0 bridgehead atoms. The van der Waals surface area contributed by atoms with Gasteiger partial charge in [-0.25, -0.2) is 0 Å². The van der Waals surface area contributed by atoms with Crippen LogP contribution >= 0.6 is 0 Å². The highest BCUT2D eigenvalue weighted by atomic mass is 16.5. The van der Waals surface area contributed by atoms with Crippen LogP contribution in [0.1, 0.15) is 25.3 Å². The molecule has 0 aromatic heterocycles. The lowest BCUT2D eigenvalue weighted by molar-refractivity contribution is -0.154. The first-order chi connectivity index (χ1) is 8.65. The molecule has 4 nitrogen and oxygen atoms in total. The van der Waals surface area contributed by atoms with Gasteiger partial charge in [0.05, 0.1) is 6.42 Å². The van der Waals surface area contributed by atoms with Crippen LogP contribution in [0, 0.1) is 0 Å². The minimum atomic E-state index is -0.721. The molecule has 1 fully saturated rings. The average molecular weight is 247 g/mol. The average Bonchev–Trinajstić information content (AvgIpc) is 3.14. The predicted molar refractivity (Wildman–Crippen MR) is 66.9 cm³/mol. The maximum absolute atomic E-state index is 11.6. The Labute approximate surface area is 106 Å². The van der Waals surface area contributed by atoms with Gasteiger partial charge in [-0.05, 0) is 25.3 Å². The number of hydrogen-bond acceptors (Lipinski definition) is 3. The highest BCUT2D eigenvalue weighted by Gasteiger charge is 2.27. The van der Waals surface area contributed by atoms with Crippen LogP contribution < -0.4 is 5.32 Å². The lowest BCUT2D eigenvalue weighted by atomic mass is 10.1. The first-order valence-electron chi connectivity index (χ1n) is 6.19. The summed E-state index contributed by atoms with van der Waals surface area (Å²) in [6, 6.07) is 9.62. The Hall–Kier alpha value is -1.84. The molecule has 0 aliphatic heterocycles. The maximum atomic E-state index is 11.6. The molecule has 0 heterocycles. The number of hydrogen-bond donors (Lipinski definition) is 1. The van der Waals surface area contributed by atoms with Crippen molar-refractivity contribution in [3.63, 3.8) is 0 Å². The summed E-state index contributed by atoms with van der Waals surface area (Å²) >= 11 is 0. The van der Waals surface area contributed by atoms with Gasteiger partial charge in [0.25, 0.3) is 5.91 Å². The summed E-state index contributed by atoms with van der Waals surface area (Å²) in [6.07, 6.45) is 1.52. The summed E-state index contributed by atoms with van der Waals surface area (Å²) < 4.78 is 5.09. The SMILES string of the molecule is CC(OC(=O)Cc1ccccc1)C(=O)NC1CC1. The molecule has 1 aliphatic rings. The van der Waals surface area contributed by atoms with Crippen LogP contribution in [0.2, 0.25) is 0 Å². The van der Waals surface area contributed by atoms with Gasteiger partial charge in [-0.15, -0.1) is 0 Å². The van der Waals surface area contributed by atoms with Crippen LogP contribution in [-0.2, 0) is 20.7 Å². The minimum Gasteiger partial charge on any atom is -0.452 e. The molecule has 2 rings (SSSR count). The number of carbonyl (C=O) groups excluding carboxylic acids is 2. The summed E-state index contributed by atoms with van der Waals surface area (Å²) in [7, 11) is 0. The molecule has 1 atom stereocenters. The van der Waals surface area contributed by atoms with E-state index >= 15 is 0 Å². The molecule has 1 aromatic rings. The molecule has 1 saturated carbocycles. The Balaban J connectivity index is 1.77. The second-order valence-electron chi connectivity index (χ2n) is 4.58. The molecule has 0 radical (unpaired) electrons. The van der Waals surface area contributed by atoms with E-state index in [4.69, 9.17) is 4.74 Å². The van der Waals surface area contributed by atoms with Crippen molar-refractivity contribution in [1.82, 2.24) is 5.32 Å². The maximum Gasteiger partial charge on any atom is 0.311 e. The smallest absolute Gasteiger partial charge is 0.311 e. The molecule has 18 heavy (non-hydrogen) atoms. The first-order valence-corrected chi connectivity index (χ1v) is 6.19. The summed E-state index contributed by atoms with van der Waals surface area (Å²) in [6.45, 7) is 1.60. The minimum absolute atomic E-state index is 0.196. The molecule has 1 aliphatic carbocycles. The lowest BCUT2D eigenvalue weighted by Crippen LogP contribution is -2.37. The van der Waals surface area contributed by atoms with Gasteiger partial charge in [0.15, 0.2) is 6.10 Å². The Morgan fingerprint density at radius 1 is 1.33 bits per heavy atom. The predicted octanol–water partition coefficient (Wildman–Crippen LogP) is 1.44. The third-order valence-corrected chi connectivity index (χ3v) is 2.79. The number of rotatable bonds is 5. The number of amides is 1. The summed E-state index contributed by atoms with van der Waals surface area (Å²) in [5.41, 5.74) is 0.886. The van der Waals surface area contributed by atoms with E-state index in [1.54, 1.807) is 6.92 Å². The third-order valence-electron chi connectivity index (χ3n) is 2.79. The fourth-order valence-electron chi connectivity index (χ4n) is 1.60. The fourth-order valence-corrected chi connectivity index (χ4v) is 1.60. The van der Waals surface area contributed by atoms with Gasteiger partial charge >= 0.3 is 5.97 Å². The monoisotopic (exact) mass is 247 g/mol. The molecule has 4 heteroatoms. The van der Waals surface area contributed by atoms with Crippen LogP contribution in [0.5, 0.6) is 0 Å². The van der Waals surface area contributed by atoms with E-state index in [1.165, 1.54) is 0 Å². The normalized spacial score (nSPS) is 15.8. The largest absolute Gasteiger partial charge is 0.452 e. The van der Waals surface area contributed by atoms with E-state index in [9.17, 15) is 9.59 Å². The Kier molecular flexibility index (Phi) is 3.97. The van der Waals surface area contributed by atoms with Gasteiger partial charge in [-0.2, -0.15) is 0 Å². The highest BCUT2D eigenvalue weighted by molar-refractivity contribution is 5.84. The van der Waals surface area contributed by atoms with E-state index in [1.807, 2.05) is 30.3 Å². The summed E-state index contributed by atoms with van der Waals surface area (Å²) in [5, 5.41) is 2.81. The van der Waals surface area contributed by atoms with E-state index in [-0.39, 0.29) is 24.3 Å². The molecule has 0 saturated heterocycles. The van der Waals surface area contributed by atoms with Gasteiger partial charge in [-0.3, -0.25) is 9.59 Å². The van der Waals surface area contributed by atoms with E-state index < -0.39 is 6.10 Å². The molecular weight excluding hydrogens is 230 g/mol. The topological polar surface area (TPSA) is 55.4 Å². The van der Waals surface area contributed by atoms with Gasteiger partial charge in [-0.1, -0.05) is 30.3 Å². The van der Waals surface area contributed by atoms with Crippen molar-refractivity contribution >= 4 is 11.9 Å². The first kappa shape index (κ1) is 12.6. The van der Waals surface area contributed by atoms with Crippen LogP contribution in [0.25, 0.3) is 0 Å². The van der Waals surface area contributed by atoms with Crippen molar-refractivity contribution in [3.8, 4) is 0 Å². The number of carbonyl (C=O) groups is 2. The van der Waals surface area contributed by atoms with Crippen LogP contribution in [-0.4, -0.2) is 24.0 Å². The van der Waals surface area contributed by atoms with Crippen molar-refractivity contribution < 1.29 is 14.3 Å². The van der Waals surface area contributed by atoms with E-state index in [2.05, 4.69) is 5.32 Å². The Bertz CT molecular complexity index is 426. The zero-order valence-electron chi connectivity index (χ0n) is 10.4. The van der Waals surface area contributed by atoms with Crippen molar-refractivity contribution in [2.24, 2.45) is 0 Å². The molecule has 96 valence electrons. The van der Waals surface area contributed by atoms with Crippen LogP contribution in [0.15, 0.2) is 30.3 Å². The van der Waals surface area contributed by atoms with Crippen LogP contribution in [0.3, 0.4) is 0 Å². The molecule has 1 unspecified atom stereocenters. The van der Waals surface area contributed by atoms with Gasteiger partial charge in [0, 0.05) is 6.04 Å². The number of nitrogens with one attached hydrogen (secondary N) is 1. The molecule has 0 spiro atoms. The Morgan fingerprint density at radius 3 is 2.61 bits per heavy atom. The fraction of sp³-hybridized carbons (Fsp3) is 0.429. The zero-order chi connectivity index (χ0) is 13.0. The van der Waals surface area contributed by atoms with Crippen molar-refractivity contribution in [1.29, 1.82) is 0 Å². The summed E-state index contributed by atoms with van der Waals surface area (Å²) in [5.74, 6) is -0.585. The number of esters is 1. The van der Waals surface area contributed by atoms with Crippen LogP contribution in [0.4, 0.5) is 0 Å². The molecule has 1 aromatic carbocycles. The highest BCUT2D eigenvalue weighted by Crippen LogP contribution is 2.18. The van der Waals surface area contributed by atoms with E-state index in [0.29, 0.717) is 0 Å². The standard InChI is InChI=1S/C14H17NO3/c1-10(14(17)15-12-7-8-12)18-13(16)9-11-5-3-2-4-6-11/h2-6,10,12H,7-9H2,1H3,(H,15,17). The lowest BCUT2D eigenvalue weighted by Gasteiger charge is -2.13. The van der Waals surface area contributed by atoms with Gasteiger partial charge < -0.3 is 10.1 Å². The number of ether oxygens (including phenoxy) is 1. The van der Waals surface area contributed by atoms with E-state index in [0.717, 1.165) is 18.4 Å². The van der Waals surface area contributed by atoms with Crippen molar-refractivity contribution in [2.45, 2.75) is 38.3 Å². The second kappa shape index (κ2) is 5.67. The number of benzene rings is 1. The molecular formula is C14H17NO3. The zero-order valence-corrected chi connectivity index (χ0v) is 10.4. The third kappa shape index (κ3) is 3.87. The Morgan fingerprint density at radius 2 is 2.00 bits per heavy atom. The van der Waals surface area contributed by atoms with Gasteiger partial charge in [0.1, 0.15) is 0 Å². The molecule has 1 N–H and O–H groups in total. The van der Waals surface area contributed by atoms with Crippen molar-refractivity contribution in [2.75, 3.05) is 0 Å². The quantitative estimate of drug-likeness (QED) is 0.801. The molecule has 1 amide bonds. The summed E-state index contributed by atoms with van der Waals surface area (Å²) in [4.78, 5) is 23.2.